The van der Waals surface area contributed by atoms with Crippen LogP contribution < -0.4 is 4.74 Å². The zero-order valence-electron chi connectivity index (χ0n) is 10.1. The fourth-order valence-corrected chi connectivity index (χ4v) is 1.98. The van der Waals surface area contributed by atoms with Crippen LogP contribution in [0.15, 0.2) is 18.2 Å². The summed E-state index contributed by atoms with van der Waals surface area (Å²) in [5.74, 6) is 0.511. The molecule has 0 saturated heterocycles. The van der Waals surface area contributed by atoms with Crippen LogP contribution in [-0.2, 0) is 11.2 Å². The van der Waals surface area contributed by atoms with Gasteiger partial charge in [0.15, 0.2) is 12.6 Å². The zero-order valence-corrected chi connectivity index (χ0v) is 10.1. The van der Waals surface area contributed by atoms with Crippen molar-refractivity contribution in [2.75, 3.05) is 13.4 Å². The number of benzene rings is 1. The van der Waals surface area contributed by atoms with Crippen molar-refractivity contribution in [1.29, 1.82) is 0 Å². The number of alkyl halides is 3. The molecular formula is C13H13F3O3. The number of ketones is 1. The number of carbonyl (C=O) groups is 1. The Balaban J connectivity index is 1.90. The summed E-state index contributed by atoms with van der Waals surface area (Å²) >= 11 is 0. The number of hydrogen-bond donors (Lipinski definition) is 0. The third-order valence-corrected chi connectivity index (χ3v) is 2.80. The SMILES string of the molecule is O=C1CCCc2cc(OCOCC(F)(F)F)ccc21. The molecule has 0 atom stereocenters. The monoisotopic (exact) mass is 274 g/mol. The van der Waals surface area contributed by atoms with Crippen molar-refractivity contribution < 1.29 is 27.4 Å². The molecule has 0 heterocycles. The number of Topliss-reactive ketones (excluding diaryl/α,β-unsaturated/α-hetero) is 1. The highest BCUT2D eigenvalue weighted by atomic mass is 19.4. The van der Waals surface area contributed by atoms with Crippen molar-refractivity contribution in [3.05, 3.63) is 29.3 Å². The van der Waals surface area contributed by atoms with Gasteiger partial charge in [-0.1, -0.05) is 0 Å². The lowest BCUT2D eigenvalue weighted by molar-refractivity contribution is -0.186. The third-order valence-electron chi connectivity index (χ3n) is 2.80. The van der Waals surface area contributed by atoms with E-state index in [-0.39, 0.29) is 5.78 Å². The Kier molecular flexibility index (Phi) is 4.09. The highest BCUT2D eigenvalue weighted by Gasteiger charge is 2.27. The van der Waals surface area contributed by atoms with Crippen LogP contribution in [0.1, 0.15) is 28.8 Å². The number of fused-ring (bicyclic) bond motifs is 1. The quantitative estimate of drug-likeness (QED) is 0.625. The van der Waals surface area contributed by atoms with Crippen LogP contribution in [-0.4, -0.2) is 25.4 Å². The molecule has 1 aliphatic carbocycles. The Hall–Kier alpha value is -1.56. The van der Waals surface area contributed by atoms with Gasteiger partial charge >= 0.3 is 6.18 Å². The van der Waals surface area contributed by atoms with E-state index in [1.54, 1.807) is 18.2 Å². The molecule has 0 amide bonds. The van der Waals surface area contributed by atoms with E-state index in [0.717, 1.165) is 18.4 Å². The summed E-state index contributed by atoms with van der Waals surface area (Å²) in [6.07, 6.45) is -2.24. The van der Waals surface area contributed by atoms with Gasteiger partial charge in [-0.25, -0.2) is 0 Å². The summed E-state index contributed by atoms with van der Waals surface area (Å²) in [6.45, 7) is -1.80. The average molecular weight is 274 g/mol. The number of aryl methyl sites for hydroxylation is 1. The minimum absolute atomic E-state index is 0.0983. The maximum atomic E-state index is 11.8. The Morgan fingerprint density at radius 1 is 1.21 bits per heavy atom. The first-order valence-electron chi connectivity index (χ1n) is 5.89. The lowest BCUT2D eigenvalue weighted by Gasteiger charge is -2.16. The molecule has 19 heavy (non-hydrogen) atoms. The van der Waals surface area contributed by atoms with Crippen molar-refractivity contribution in [3.63, 3.8) is 0 Å². The molecule has 0 unspecified atom stereocenters. The molecule has 1 aromatic rings. The number of rotatable bonds is 4. The summed E-state index contributed by atoms with van der Waals surface area (Å²) < 4.78 is 44.9. The molecule has 3 nitrogen and oxygen atoms in total. The van der Waals surface area contributed by atoms with Crippen LogP contribution >= 0.6 is 0 Å². The molecule has 104 valence electrons. The van der Waals surface area contributed by atoms with E-state index >= 15 is 0 Å². The topological polar surface area (TPSA) is 35.5 Å². The van der Waals surface area contributed by atoms with E-state index in [9.17, 15) is 18.0 Å². The molecule has 0 bridgehead atoms. The predicted molar refractivity (Wildman–Crippen MR) is 61.2 cm³/mol. The molecule has 0 aromatic heterocycles. The molecule has 1 aliphatic rings. The first-order chi connectivity index (χ1) is 8.96. The minimum atomic E-state index is -4.36. The largest absolute Gasteiger partial charge is 0.468 e. The molecule has 2 rings (SSSR count). The molecule has 0 fully saturated rings. The highest BCUT2D eigenvalue weighted by Crippen LogP contribution is 2.25. The minimum Gasteiger partial charge on any atom is -0.468 e. The van der Waals surface area contributed by atoms with Crippen LogP contribution in [0.5, 0.6) is 5.75 Å². The fourth-order valence-electron chi connectivity index (χ4n) is 1.98. The van der Waals surface area contributed by atoms with Gasteiger partial charge in [0.25, 0.3) is 0 Å². The van der Waals surface area contributed by atoms with Crippen molar-refractivity contribution in [2.24, 2.45) is 0 Å². The lowest BCUT2D eigenvalue weighted by Crippen LogP contribution is -2.19. The predicted octanol–water partition coefficient (Wildman–Crippen LogP) is 3.12. The van der Waals surface area contributed by atoms with Gasteiger partial charge in [-0.15, -0.1) is 0 Å². The van der Waals surface area contributed by atoms with E-state index in [0.29, 0.717) is 17.7 Å². The maximum absolute atomic E-state index is 11.8. The standard InChI is InChI=1S/C13H13F3O3/c14-13(15,16)7-18-8-19-10-4-5-11-9(6-10)2-1-3-12(11)17/h4-6H,1-3,7-8H2. The molecular weight excluding hydrogens is 261 g/mol. The lowest BCUT2D eigenvalue weighted by atomic mass is 9.91. The Labute approximate surface area is 108 Å². The van der Waals surface area contributed by atoms with Gasteiger partial charge in [-0.05, 0) is 36.6 Å². The van der Waals surface area contributed by atoms with E-state index in [2.05, 4.69) is 4.74 Å². The fraction of sp³-hybridized carbons (Fsp3) is 0.462. The number of halogens is 3. The molecule has 6 heteroatoms. The van der Waals surface area contributed by atoms with Gasteiger partial charge in [0.2, 0.25) is 0 Å². The van der Waals surface area contributed by atoms with E-state index in [4.69, 9.17) is 4.74 Å². The molecule has 0 aliphatic heterocycles. The molecule has 0 spiro atoms. The van der Waals surface area contributed by atoms with Gasteiger partial charge in [-0.3, -0.25) is 4.79 Å². The maximum Gasteiger partial charge on any atom is 0.411 e. The van der Waals surface area contributed by atoms with E-state index < -0.39 is 19.6 Å². The first-order valence-corrected chi connectivity index (χ1v) is 5.89. The second kappa shape index (κ2) is 5.61. The van der Waals surface area contributed by atoms with Crippen molar-refractivity contribution in [2.45, 2.75) is 25.4 Å². The summed E-state index contributed by atoms with van der Waals surface area (Å²) in [5.41, 5.74) is 1.55. The van der Waals surface area contributed by atoms with Crippen molar-refractivity contribution in [1.82, 2.24) is 0 Å². The van der Waals surface area contributed by atoms with Gasteiger partial charge in [-0.2, -0.15) is 13.2 Å². The summed E-state index contributed by atoms with van der Waals surface area (Å²) in [6, 6.07) is 4.90. The highest BCUT2D eigenvalue weighted by molar-refractivity contribution is 5.98. The van der Waals surface area contributed by atoms with Gasteiger partial charge in [0, 0.05) is 12.0 Å². The molecule has 0 radical (unpaired) electrons. The number of hydrogen-bond acceptors (Lipinski definition) is 3. The van der Waals surface area contributed by atoms with Gasteiger partial charge in [0.1, 0.15) is 12.4 Å². The van der Waals surface area contributed by atoms with E-state index in [1.807, 2.05) is 0 Å². The summed E-state index contributed by atoms with van der Waals surface area (Å²) in [4.78, 5) is 11.6. The normalized spacial score (nSPS) is 15.2. The van der Waals surface area contributed by atoms with Crippen LogP contribution in [0.2, 0.25) is 0 Å². The number of carbonyl (C=O) groups excluding carboxylic acids is 1. The van der Waals surface area contributed by atoms with Crippen LogP contribution in [0, 0.1) is 0 Å². The van der Waals surface area contributed by atoms with Crippen LogP contribution in [0.4, 0.5) is 13.2 Å². The van der Waals surface area contributed by atoms with Crippen LogP contribution in [0.25, 0.3) is 0 Å². The molecule has 0 N–H and O–H groups in total. The summed E-state index contributed by atoms with van der Waals surface area (Å²) in [5, 5.41) is 0. The second-order valence-electron chi connectivity index (χ2n) is 4.32. The van der Waals surface area contributed by atoms with Gasteiger partial charge in [0.05, 0.1) is 0 Å². The Bertz CT molecular complexity index is 469. The van der Waals surface area contributed by atoms with Crippen molar-refractivity contribution >= 4 is 5.78 Å². The Morgan fingerprint density at radius 3 is 2.74 bits per heavy atom. The zero-order chi connectivity index (χ0) is 13.9. The molecule has 1 aromatic carbocycles. The second-order valence-corrected chi connectivity index (χ2v) is 4.32. The summed E-state index contributed by atoms with van der Waals surface area (Å²) in [7, 11) is 0. The third kappa shape index (κ3) is 3.96. The van der Waals surface area contributed by atoms with Crippen molar-refractivity contribution in [3.8, 4) is 5.75 Å². The van der Waals surface area contributed by atoms with E-state index in [1.165, 1.54) is 0 Å². The van der Waals surface area contributed by atoms with Gasteiger partial charge < -0.3 is 9.47 Å². The first kappa shape index (κ1) is 13.9. The molecule has 0 saturated carbocycles. The smallest absolute Gasteiger partial charge is 0.411 e. The average Bonchev–Trinajstić information content (AvgIpc) is 2.34. The van der Waals surface area contributed by atoms with Crippen LogP contribution in [0.3, 0.4) is 0 Å². The number of ether oxygens (including phenoxy) is 2. The Morgan fingerprint density at radius 2 is 2.00 bits per heavy atom.